The Morgan fingerprint density at radius 2 is 1.40 bits per heavy atom. The predicted molar refractivity (Wildman–Crippen MR) is 96.2 cm³/mol. The number of carbonyl (C=O) groups excluding carboxylic acids is 1. The highest BCUT2D eigenvalue weighted by atomic mass is 16.5. The number of aryl methyl sites for hydroxylation is 2. The Labute approximate surface area is 146 Å². The van der Waals surface area contributed by atoms with Crippen LogP contribution in [0.1, 0.15) is 38.2 Å². The van der Waals surface area contributed by atoms with Crippen LogP contribution in [0, 0.1) is 13.8 Å². The maximum absolute atomic E-state index is 12.7. The topological polar surface area (TPSA) is 38.3 Å². The van der Waals surface area contributed by atoms with Crippen molar-refractivity contribution in [3.8, 4) is 11.5 Å². The highest BCUT2D eigenvalue weighted by Gasteiger charge is 2.50. The number of fused-ring (bicyclic) bond motifs is 6. The monoisotopic (exact) mass is 327 g/mol. The third kappa shape index (κ3) is 1.78. The number of benzene rings is 3. The summed E-state index contributed by atoms with van der Waals surface area (Å²) in [6.07, 6.45) is 0. The molecule has 0 saturated heterocycles. The summed E-state index contributed by atoms with van der Waals surface area (Å²) in [5.74, 6) is 1.56. The molecule has 0 aromatic heterocycles. The molecule has 0 bridgehead atoms. The smallest absolute Gasteiger partial charge is 0.252 e. The highest BCUT2D eigenvalue weighted by molar-refractivity contribution is 6.02. The molecule has 0 atom stereocenters. The predicted octanol–water partition coefficient (Wildman–Crippen LogP) is 4.44. The molecule has 3 aromatic rings. The molecule has 2 aliphatic rings. The molecule has 3 heteroatoms. The largest absolute Gasteiger partial charge is 0.457 e. The van der Waals surface area contributed by atoms with Gasteiger partial charge in [-0.15, -0.1) is 0 Å². The van der Waals surface area contributed by atoms with Gasteiger partial charge in [-0.2, -0.15) is 0 Å². The maximum Gasteiger partial charge on any atom is 0.252 e. The van der Waals surface area contributed by atoms with E-state index in [1.54, 1.807) is 0 Å². The first kappa shape index (κ1) is 14.3. The molecule has 0 radical (unpaired) electrons. The zero-order chi connectivity index (χ0) is 17.2. The fraction of sp³-hybridized carbons (Fsp3) is 0.136. The zero-order valence-corrected chi connectivity index (χ0v) is 14.1. The van der Waals surface area contributed by atoms with Gasteiger partial charge in [-0.3, -0.25) is 4.79 Å². The molecule has 122 valence electrons. The molecule has 1 amide bonds. The van der Waals surface area contributed by atoms with Gasteiger partial charge in [0.15, 0.2) is 0 Å². The molecule has 3 nitrogen and oxygen atoms in total. The minimum Gasteiger partial charge on any atom is -0.457 e. The van der Waals surface area contributed by atoms with E-state index < -0.39 is 5.54 Å². The van der Waals surface area contributed by atoms with Crippen molar-refractivity contribution in [3.05, 3.63) is 94.0 Å². The number of carbonyl (C=O) groups is 1. The molecule has 1 N–H and O–H groups in total. The second kappa shape index (κ2) is 4.73. The summed E-state index contributed by atoms with van der Waals surface area (Å²) in [6, 6.07) is 20.1. The van der Waals surface area contributed by atoms with Crippen LogP contribution in [0.5, 0.6) is 11.5 Å². The number of hydrogen-bond donors (Lipinski definition) is 1. The summed E-state index contributed by atoms with van der Waals surface area (Å²) in [5, 5.41) is 3.27. The Kier molecular flexibility index (Phi) is 2.70. The fourth-order valence-corrected chi connectivity index (χ4v) is 4.05. The molecule has 0 aliphatic carbocycles. The van der Waals surface area contributed by atoms with Gasteiger partial charge in [-0.05, 0) is 48.7 Å². The van der Waals surface area contributed by atoms with Crippen molar-refractivity contribution in [1.82, 2.24) is 5.32 Å². The summed E-state index contributed by atoms with van der Waals surface area (Å²) in [5.41, 5.74) is 5.23. The average molecular weight is 327 g/mol. The van der Waals surface area contributed by atoms with Crippen LogP contribution < -0.4 is 10.1 Å². The number of amides is 1. The number of hydrogen-bond acceptors (Lipinski definition) is 2. The van der Waals surface area contributed by atoms with Gasteiger partial charge in [0.25, 0.3) is 5.91 Å². The van der Waals surface area contributed by atoms with E-state index >= 15 is 0 Å². The van der Waals surface area contributed by atoms with Crippen molar-refractivity contribution in [2.75, 3.05) is 0 Å². The van der Waals surface area contributed by atoms with Crippen molar-refractivity contribution < 1.29 is 9.53 Å². The Morgan fingerprint density at radius 1 is 0.800 bits per heavy atom. The van der Waals surface area contributed by atoms with Crippen molar-refractivity contribution in [1.29, 1.82) is 0 Å². The molecule has 0 unspecified atom stereocenters. The summed E-state index contributed by atoms with van der Waals surface area (Å²) in [7, 11) is 0. The quantitative estimate of drug-likeness (QED) is 0.663. The normalized spacial score (nSPS) is 15.8. The van der Waals surface area contributed by atoms with Crippen LogP contribution in [-0.4, -0.2) is 5.91 Å². The van der Waals surface area contributed by atoms with Crippen molar-refractivity contribution in [2.45, 2.75) is 19.4 Å². The Bertz CT molecular complexity index is 1000. The zero-order valence-electron chi connectivity index (χ0n) is 14.1. The van der Waals surface area contributed by atoms with E-state index in [2.05, 4.69) is 29.6 Å². The summed E-state index contributed by atoms with van der Waals surface area (Å²) >= 11 is 0. The van der Waals surface area contributed by atoms with Crippen molar-refractivity contribution in [3.63, 3.8) is 0 Å². The molecule has 3 aromatic carbocycles. The van der Waals surface area contributed by atoms with Gasteiger partial charge in [0, 0.05) is 16.7 Å². The second-order valence-electron chi connectivity index (χ2n) is 6.85. The maximum atomic E-state index is 12.7. The lowest BCUT2D eigenvalue weighted by molar-refractivity contribution is 0.0947. The molecular weight excluding hydrogens is 310 g/mol. The van der Waals surface area contributed by atoms with E-state index in [-0.39, 0.29) is 5.91 Å². The van der Waals surface area contributed by atoms with Gasteiger partial charge >= 0.3 is 0 Å². The molecular formula is C22H17NO2. The fourth-order valence-electron chi connectivity index (χ4n) is 4.05. The third-order valence-electron chi connectivity index (χ3n) is 5.18. The number of nitrogens with one attached hydrogen (secondary N) is 1. The first-order valence-corrected chi connectivity index (χ1v) is 8.42. The average Bonchev–Trinajstić information content (AvgIpc) is 2.88. The van der Waals surface area contributed by atoms with Crippen LogP contribution in [0.15, 0.2) is 60.7 Å². The summed E-state index contributed by atoms with van der Waals surface area (Å²) in [6.45, 7) is 4.09. The Morgan fingerprint density at radius 3 is 2.04 bits per heavy atom. The van der Waals surface area contributed by atoms with Crippen LogP contribution >= 0.6 is 0 Å². The summed E-state index contributed by atoms with van der Waals surface area (Å²) in [4.78, 5) is 12.7. The number of rotatable bonds is 0. The molecule has 0 saturated carbocycles. The molecule has 1 spiro atoms. The second-order valence-corrected chi connectivity index (χ2v) is 6.85. The molecule has 5 rings (SSSR count). The van der Waals surface area contributed by atoms with Gasteiger partial charge < -0.3 is 10.1 Å². The van der Waals surface area contributed by atoms with Crippen molar-refractivity contribution in [2.24, 2.45) is 0 Å². The van der Waals surface area contributed by atoms with Crippen LogP contribution in [-0.2, 0) is 5.54 Å². The van der Waals surface area contributed by atoms with E-state index in [0.29, 0.717) is 0 Å². The van der Waals surface area contributed by atoms with Gasteiger partial charge in [0.2, 0.25) is 0 Å². The first-order valence-electron chi connectivity index (χ1n) is 8.42. The van der Waals surface area contributed by atoms with Crippen LogP contribution in [0.25, 0.3) is 0 Å². The lowest BCUT2D eigenvalue weighted by atomic mass is 9.75. The number of ether oxygens (including phenoxy) is 1. The van der Waals surface area contributed by atoms with Crippen LogP contribution in [0.2, 0.25) is 0 Å². The molecule has 25 heavy (non-hydrogen) atoms. The lowest BCUT2D eigenvalue weighted by Crippen LogP contribution is -2.43. The van der Waals surface area contributed by atoms with Crippen molar-refractivity contribution >= 4 is 5.91 Å². The van der Waals surface area contributed by atoms with E-state index in [9.17, 15) is 4.79 Å². The third-order valence-corrected chi connectivity index (χ3v) is 5.18. The highest BCUT2D eigenvalue weighted by Crippen LogP contribution is 2.53. The van der Waals surface area contributed by atoms with E-state index in [1.165, 1.54) is 0 Å². The van der Waals surface area contributed by atoms with Crippen LogP contribution in [0.3, 0.4) is 0 Å². The van der Waals surface area contributed by atoms with E-state index in [0.717, 1.165) is 44.9 Å². The molecule has 0 fully saturated rings. The Balaban J connectivity index is 1.91. The minimum atomic E-state index is -0.696. The minimum absolute atomic E-state index is 0.0458. The molecule has 2 heterocycles. The van der Waals surface area contributed by atoms with Gasteiger partial charge in [0.05, 0.1) is 0 Å². The summed E-state index contributed by atoms with van der Waals surface area (Å²) < 4.78 is 6.22. The standard InChI is InChI=1S/C22H17NO2/c1-13-7-9-17-19(11-13)25-20-12-14(2)8-10-18(20)22(17)16-6-4-3-5-15(16)21(24)23-22/h3-12H,1-2H3,(H,23,24). The van der Waals surface area contributed by atoms with E-state index in [1.807, 2.05) is 50.2 Å². The molecule has 2 aliphatic heterocycles. The van der Waals surface area contributed by atoms with Gasteiger partial charge in [-0.1, -0.05) is 42.5 Å². The van der Waals surface area contributed by atoms with Gasteiger partial charge in [-0.25, -0.2) is 0 Å². The lowest BCUT2D eigenvalue weighted by Gasteiger charge is -2.38. The van der Waals surface area contributed by atoms with Gasteiger partial charge in [0.1, 0.15) is 17.0 Å². The first-order chi connectivity index (χ1) is 12.1. The van der Waals surface area contributed by atoms with Crippen LogP contribution in [0.4, 0.5) is 0 Å². The van der Waals surface area contributed by atoms with E-state index in [4.69, 9.17) is 4.74 Å². The SMILES string of the molecule is Cc1ccc2c(c1)Oc1cc(C)ccc1C21NC(=O)c2ccccc21. The Hall–Kier alpha value is -3.07.